The second-order valence-electron chi connectivity index (χ2n) is 6.60. The lowest BCUT2D eigenvalue weighted by Gasteiger charge is -2.31. The number of carbonyl (C=O) groups excluding carboxylic acids is 1. The van der Waals surface area contributed by atoms with Crippen LogP contribution < -0.4 is 10.9 Å². The Balaban J connectivity index is 1.64. The van der Waals surface area contributed by atoms with Gasteiger partial charge < -0.3 is 10.0 Å². The van der Waals surface area contributed by atoms with Gasteiger partial charge in [0.2, 0.25) is 10.0 Å². The molecule has 8 nitrogen and oxygen atoms in total. The van der Waals surface area contributed by atoms with Gasteiger partial charge in [0.15, 0.2) is 11.6 Å². The molecule has 0 spiro atoms. The van der Waals surface area contributed by atoms with Gasteiger partial charge in [-0.15, -0.1) is 0 Å². The number of phenols is 1. The van der Waals surface area contributed by atoms with Crippen molar-refractivity contribution >= 4 is 33.2 Å². The number of phenolic OH excluding ortho intramolecular Hbond substituents is 1. The summed E-state index contributed by atoms with van der Waals surface area (Å²) in [5.74, 6) is -2.42. The van der Waals surface area contributed by atoms with Crippen molar-refractivity contribution in [3.05, 3.63) is 52.8 Å². The zero-order valence-corrected chi connectivity index (χ0v) is 17.1. The monoisotopic (exact) mass is 442 g/mol. The van der Waals surface area contributed by atoms with Crippen molar-refractivity contribution < 1.29 is 22.7 Å². The number of piperazine rings is 1. The summed E-state index contributed by atoms with van der Waals surface area (Å²) in [4.78, 5) is 14.3. The van der Waals surface area contributed by atoms with E-state index in [9.17, 15) is 22.7 Å². The highest BCUT2D eigenvalue weighted by atomic mass is 35.5. The maximum atomic E-state index is 13.5. The number of carbonyl (C=O) groups is 1. The SMILES string of the molecule is CN1CCN(S(=O)(=O)c2ccc(NNC(=O)c3cc(F)c(O)c(Cl)c3)cc2)CC1. The van der Waals surface area contributed by atoms with Gasteiger partial charge in [-0.25, -0.2) is 12.8 Å². The number of hydrogen-bond acceptors (Lipinski definition) is 6. The zero-order valence-electron chi connectivity index (χ0n) is 15.5. The standard InChI is InChI=1S/C18H20ClFN4O4S/c1-23-6-8-24(9-7-23)29(27,28)14-4-2-13(3-5-14)21-22-18(26)12-10-15(19)17(25)16(20)11-12/h2-5,10-11,21,25H,6-9H2,1H3,(H,22,26). The van der Waals surface area contributed by atoms with E-state index in [0.717, 1.165) is 12.1 Å². The van der Waals surface area contributed by atoms with E-state index in [1.54, 1.807) is 0 Å². The van der Waals surface area contributed by atoms with Crippen LogP contribution in [0.25, 0.3) is 0 Å². The van der Waals surface area contributed by atoms with Crippen molar-refractivity contribution in [3.63, 3.8) is 0 Å². The van der Waals surface area contributed by atoms with Crippen LogP contribution in [0.3, 0.4) is 0 Å². The summed E-state index contributed by atoms with van der Waals surface area (Å²) in [7, 11) is -1.63. The predicted molar refractivity (Wildman–Crippen MR) is 107 cm³/mol. The topological polar surface area (TPSA) is 102 Å². The van der Waals surface area contributed by atoms with Crippen molar-refractivity contribution in [3.8, 4) is 5.75 Å². The Morgan fingerprint density at radius 1 is 1.14 bits per heavy atom. The molecule has 2 aromatic rings. The fourth-order valence-corrected chi connectivity index (χ4v) is 4.42. The van der Waals surface area contributed by atoms with E-state index in [1.165, 1.54) is 28.6 Å². The van der Waals surface area contributed by atoms with Gasteiger partial charge in [0.05, 0.1) is 15.6 Å². The molecule has 11 heteroatoms. The number of nitrogens with zero attached hydrogens (tertiary/aromatic N) is 2. The van der Waals surface area contributed by atoms with E-state index in [2.05, 4.69) is 15.8 Å². The molecule has 2 aromatic carbocycles. The fourth-order valence-electron chi connectivity index (χ4n) is 2.79. The second-order valence-corrected chi connectivity index (χ2v) is 8.94. The Morgan fingerprint density at radius 2 is 1.76 bits per heavy atom. The van der Waals surface area contributed by atoms with Crippen LogP contribution in [0.15, 0.2) is 41.3 Å². The van der Waals surface area contributed by atoms with Gasteiger partial charge in [0.25, 0.3) is 5.91 Å². The Bertz CT molecular complexity index is 986. The molecule has 0 bridgehead atoms. The molecule has 1 amide bonds. The third-order valence-corrected chi connectivity index (χ3v) is 6.75. The number of amides is 1. The van der Waals surface area contributed by atoms with Crippen LogP contribution >= 0.6 is 11.6 Å². The summed E-state index contributed by atoms with van der Waals surface area (Å²) in [6.07, 6.45) is 0. The fraction of sp³-hybridized carbons (Fsp3) is 0.278. The summed E-state index contributed by atoms with van der Waals surface area (Å²) >= 11 is 5.66. The molecule has 1 heterocycles. The van der Waals surface area contributed by atoms with E-state index in [4.69, 9.17) is 11.6 Å². The molecular weight excluding hydrogens is 423 g/mol. The highest BCUT2D eigenvalue weighted by Crippen LogP contribution is 2.27. The molecule has 1 saturated heterocycles. The molecule has 29 heavy (non-hydrogen) atoms. The minimum atomic E-state index is -3.58. The van der Waals surface area contributed by atoms with Crippen molar-refractivity contribution in [1.29, 1.82) is 0 Å². The molecular formula is C18H20ClFN4O4S. The summed E-state index contributed by atoms with van der Waals surface area (Å²) in [5, 5.41) is 9.03. The quantitative estimate of drug-likeness (QED) is 0.611. The molecule has 0 aromatic heterocycles. The van der Waals surface area contributed by atoms with Crippen molar-refractivity contribution in [2.24, 2.45) is 0 Å². The van der Waals surface area contributed by atoms with Gasteiger partial charge in [-0.1, -0.05) is 11.6 Å². The predicted octanol–water partition coefficient (Wildman–Crippen LogP) is 1.88. The smallest absolute Gasteiger partial charge is 0.269 e. The molecule has 0 radical (unpaired) electrons. The minimum Gasteiger partial charge on any atom is -0.504 e. The summed E-state index contributed by atoms with van der Waals surface area (Å²) in [6.45, 7) is 2.21. The van der Waals surface area contributed by atoms with Crippen LogP contribution in [0.4, 0.5) is 10.1 Å². The summed E-state index contributed by atoms with van der Waals surface area (Å²) in [6, 6.07) is 7.88. The average molecular weight is 443 g/mol. The van der Waals surface area contributed by atoms with Crippen LogP contribution in [0.5, 0.6) is 5.75 Å². The number of aromatic hydroxyl groups is 1. The number of rotatable bonds is 5. The van der Waals surface area contributed by atoms with Crippen LogP contribution in [0.2, 0.25) is 5.02 Å². The van der Waals surface area contributed by atoms with Crippen molar-refractivity contribution in [2.75, 3.05) is 38.7 Å². The van der Waals surface area contributed by atoms with Crippen LogP contribution in [0.1, 0.15) is 10.4 Å². The number of likely N-dealkylation sites (N-methyl/N-ethyl adjacent to an activating group) is 1. The normalized spacial score (nSPS) is 15.8. The first-order chi connectivity index (χ1) is 13.7. The molecule has 1 aliphatic rings. The van der Waals surface area contributed by atoms with E-state index >= 15 is 0 Å². The van der Waals surface area contributed by atoms with Gasteiger partial charge in [0.1, 0.15) is 0 Å². The molecule has 1 aliphatic heterocycles. The molecule has 0 saturated carbocycles. The molecule has 156 valence electrons. The molecule has 3 N–H and O–H groups in total. The number of anilines is 1. The lowest BCUT2D eigenvalue weighted by atomic mass is 10.2. The maximum Gasteiger partial charge on any atom is 0.269 e. The van der Waals surface area contributed by atoms with Gasteiger partial charge in [0, 0.05) is 31.7 Å². The number of hydrogen-bond donors (Lipinski definition) is 3. The zero-order chi connectivity index (χ0) is 21.2. The second kappa shape index (κ2) is 8.54. The van der Waals surface area contributed by atoms with E-state index in [-0.39, 0.29) is 15.5 Å². The van der Waals surface area contributed by atoms with Crippen molar-refractivity contribution in [1.82, 2.24) is 14.6 Å². The number of benzene rings is 2. The van der Waals surface area contributed by atoms with Crippen LogP contribution in [0, 0.1) is 5.82 Å². The number of sulfonamides is 1. The summed E-state index contributed by atoms with van der Waals surface area (Å²) in [5.41, 5.74) is 5.31. The first-order valence-corrected chi connectivity index (χ1v) is 10.5. The molecule has 3 rings (SSSR count). The van der Waals surface area contributed by atoms with Gasteiger partial charge in [-0.2, -0.15) is 4.31 Å². The third kappa shape index (κ3) is 4.78. The first kappa shape index (κ1) is 21.3. The van der Waals surface area contributed by atoms with Crippen molar-refractivity contribution in [2.45, 2.75) is 4.90 Å². The Morgan fingerprint density at radius 3 is 2.34 bits per heavy atom. The van der Waals surface area contributed by atoms with Crippen LogP contribution in [-0.2, 0) is 10.0 Å². The average Bonchev–Trinajstić information content (AvgIpc) is 2.70. The van der Waals surface area contributed by atoms with E-state index in [0.29, 0.717) is 31.9 Å². The maximum absolute atomic E-state index is 13.5. The third-order valence-electron chi connectivity index (χ3n) is 4.55. The number of nitrogens with one attached hydrogen (secondary N) is 2. The highest BCUT2D eigenvalue weighted by Gasteiger charge is 2.27. The van der Waals surface area contributed by atoms with Gasteiger partial charge in [-0.3, -0.25) is 15.6 Å². The highest BCUT2D eigenvalue weighted by molar-refractivity contribution is 7.89. The van der Waals surface area contributed by atoms with Crippen LogP contribution in [-0.4, -0.2) is 61.9 Å². The van der Waals surface area contributed by atoms with E-state index in [1.807, 2.05) is 7.05 Å². The molecule has 0 unspecified atom stereocenters. The summed E-state index contributed by atoms with van der Waals surface area (Å²) < 4.78 is 40.3. The Hall–Kier alpha value is -2.40. The molecule has 1 fully saturated rings. The lowest BCUT2D eigenvalue weighted by molar-refractivity contribution is 0.0962. The minimum absolute atomic E-state index is 0.0907. The Kier molecular flexibility index (Phi) is 6.27. The first-order valence-electron chi connectivity index (χ1n) is 8.71. The lowest BCUT2D eigenvalue weighted by Crippen LogP contribution is -2.46. The molecule has 0 aliphatic carbocycles. The van der Waals surface area contributed by atoms with E-state index < -0.39 is 27.5 Å². The Labute approximate surface area is 172 Å². The number of halogens is 2. The number of hydrazine groups is 1. The van der Waals surface area contributed by atoms with Gasteiger partial charge >= 0.3 is 0 Å². The van der Waals surface area contributed by atoms with Gasteiger partial charge in [-0.05, 0) is 43.4 Å². The molecule has 0 atom stereocenters. The largest absolute Gasteiger partial charge is 0.504 e.